The molecule has 0 aliphatic rings. The Morgan fingerprint density at radius 2 is 1.12 bits per heavy atom. The van der Waals surface area contributed by atoms with Gasteiger partial charge in [-0.15, -0.1) is 0 Å². The fourth-order valence-electron chi connectivity index (χ4n) is 3.07. The topological polar surface area (TPSA) is 87.3 Å². The van der Waals surface area contributed by atoms with Crippen molar-refractivity contribution in [1.82, 2.24) is 0 Å². The molecular formula is C26H25N3O3. The minimum Gasteiger partial charge on any atom is -0.326 e. The third-order valence-corrected chi connectivity index (χ3v) is 4.82. The number of carbonyl (C=O) groups excluding carboxylic acids is 3. The Hall–Kier alpha value is -4.19. The van der Waals surface area contributed by atoms with Crippen LogP contribution in [0.4, 0.5) is 17.1 Å². The van der Waals surface area contributed by atoms with E-state index in [4.69, 9.17) is 0 Å². The molecule has 0 saturated carbocycles. The lowest BCUT2D eigenvalue weighted by Gasteiger charge is -2.13. The molecule has 0 bridgehead atoms. The summed E-state index contributed by atoms with van der Waals surface area (Å²) in [5.41, 5.74) is 4.28. The van der Waals surface area contributed by atoms with Gasteiger partial charge in [0.25, 0.3) is 11.8 Å². The van der Waals surface area contributed by atoms with Crippen LogP contribution in [-0.4, -0.2) is 17.7 Å². The molecule has 0 fully saturated rings. The summed E-state index contributed by atoms with van der Waals surface area (Å²) < 4.78 is 0. The average Bonchev–Trinajstić information content (AvgIpc) is 2.76. The third-order valence-electron chi connectivity index (χ3n) is 4.82. The predicted molar refractivity (Wildman–Crippen MR) is 128 cm³/mol. The zero-order chi connectivity index (χ0) is 23.1. The van der Waals surface area contributed by atoms with Crippen molar-refractivity contribution in [2.75, 3.05) is 16.0 Å². The Labute approximate surface area is 187 Å². The van der Waals surface area contributed by atoms with E-state index in [1.807, 2.05) is 50.2 Å². The van der Waals surface area contributed by atoms with Crippen LogP contribution in [0.1, 0.15) is 23.6 Å². The van der Waals surface area contributed by atoms with E-state index in [-0.39, 0.29) is 11.5 Å². The van der Waals surface area contributed by atoms with Crippen LogP contribution >= 0.6 is 0 Å². The molecule has 3 amide bonds. The van der Waals surface area contributed by atoms with Crippen molar-refractivity contribution in [1.29, 1.82) is 0 Å². The lowest BCUT2D eigenvalue weighted by molar-refractivity contribution is -0.118. The lowest BCUT2D eigenvalue weighted by Crippen LogP contribution is -2.25. The molecule has 0 aromatic heterocycles. The highest BCUT2D eigenvalue weighted by atomic mass is 16.2. The number of carbonyl (C=O) groups is 3. The number of hydrogen-bond donors (Lipinski definition) is 3. The number of amides is 3. The highest BCUT2D eigenvalue weighted by molar-refractivity contribution is 6.29. The first kappa shape index (κ1) is 22.5. The fourth-order valence-corrected chi connectivity index (χ4v) is 3.07. The monoisotopic (exact) mass is 427 g/mol. The van der Waals surface area contributed by atoms with Crippen molar-refractivity contribution >= 4 is 40.9 Å². The maximum Gasteiger partial charge on any atom is 0.261 e. The van der Waals surface area contributed by atoms with Crippen molar-refractivity contribution in [2.45, 2.75) is 20.8 Å². The molecule has 0 heterocycles. The summed E-state index contributed by atoms with van der Waals surface area (Å²) in [4.78, 5) is 37.4. The van der Waals surface area contributed by atoms with Crippen LogP contribution < -0.4 is 16.0 Å². The van der Waals surface area contributed by atoms with E-state index in [0.717, 1.165) is 11.1 Å². The SMILES string of the molecule is CC(=O)Nc1ccc(C=C(C(=O)Nc2ccccc2C)C(=O)Nc2ccccc2C)cc1. The molecule has 0 radical (unpaired) electrons. The second-order valence-corrected chi connectivity index (χ2v) is 7.40. The molecule has 162 valence electrons. The number of aryl methyl sites for hydroxylation is 2. The Bertz CT molecular complexity index is 1120. The first-order valence-electron chi connectivity index (χ1n) is 10.2. The molecule has 0 aliphatic heterocycles. The molecule has 3 N–H and O–H groups in total. The number of para-hydroxylation sites is 2. The van der Waals surface area contributed by atoms with Gasteiger partial charge in [-0.2, -0.15) is 0 Å². The van der Waals surface area contributed by atoms with Crippen molar-refractivity contribution in [3.8, 4) is 0 Å². The third kappa shape index (κ3) is 5.92. The van der Waals surface area contributed by atoms with Gasteiger partial charge >= 0.3 is 0 Å². The molecule has 3 aromatic carbocycles. The zero-order valence-electron chi connectivity index (χ0n) is 18.2. The first-order valence-corrected chi connectivity index (χ1v) is 10.2. The Balaban J connectivity index is 1.92. The van der Waals surface area contributed by atoms with Crippen LogP contribution in [0, 0.1) is 13.8 Å². The van der Waals surface area contributed by atoms with Gasteiger partial charge in [-0.1, -0.05) is 48.5 Å². The Kier molecular flexibility index (Phi) is 7.18. The standard InChI is InChI=1S/C26H25N3O3/c1-17-8-4-6-10-23(17)28-25(31)22(26(32)29-24-11-7-5-9-18(24)2)16-20-12-14-21(15-13-20)27-19(3)30/h4-16H,1-3H3,(H,27,30)(H,28,31)(H,29,32). The van der Waals surface area contributed by atoms with Gasteiger partial charge < -0.3 is 16.0 Å². The van der Waals surface area contributed by atoms with E-state index in [1.165, 1.54) is 13.0 Å². The number of rotatable bonds is 6. The molecule has 3 aromatic rings. The number of benzene rings is 3. The molecule has 0 unspecified atom stereocenters. The van der Waals surface area contributed by atoms with Gasteiger partial charge in [-0.3, -0.25) is 14.4 Å². The summed E-state index contributed by atoms with van der Waals surface area (Å²) in [5.74, 6) is -1.21. The molecule has 6 heteroatoms. The summed E-state index contributed by atoms with van der Waals surface area (Å²) in [6.07, 6.45) is 1.53. The fraction of sp³-hybridized carbons (Fsp3) is 0.115. The Morgan fingerprint density at radius 1 is 0.656 bits per heavy atom. The van der Waals surface area contributed by atoms with Crippen molar-refractivity contribution in [3.05, 3.63) is 95.1 Å². The van der Waals surface area contributed by atoms with E-state index < -0.39 is 11.8 Å². The molecule has 32 heavy (non-hydrogen) atoms. The number of anilines is 3. The molecule has 0 saturated heterocycles. The van der Waals surface area contributed by atoms with Gasteiger partial charge in [0.05, 0.1) is 0 Å². The summed E-state index contributed by atoms with van der Waals surface area (Å²) in [6, 6.07) is 21.6. The van der Waals surface area contributed by atoms with Crippen molar-refractivity contribution in [3.63, 3.8) is 0 Å². The van der Waals surface area contributed by atoms with Crippen molar-refractivity contribution < 1.29 is 14.4 Å². The Morgan fingerprint density at radius 3 is 1.56 bits per heavy atom. The molecule has 6 nitrogen and oxygen atoms in total. The molecule has 3 rings (SSSR count). The van der Waals surface area contributed by atoms with Gasteiger partial charge in [-0.05, 0) is 60.9 Å². The van der Waals surface area contributed by atoms with Gasteiger partial charge in [0, 0.05) is 24.0 Å². The molecular weight excluding hydrogens is 402 g/mol. The minimum atomic E-state index is -0.517. The predicted octanol–water partition coefficient (Wildman–Crippen LogP) is 4.92. The summed E-state index contributed by atoms with van der Waals surface area (Å²) >= 11 is 0. The second kappa shape index (κ2) is 10.2. The summed E-state index contributed by atoms with van der Waals surface area (Å²) in [7, 11) is 0. The van der Waals surface area contributed by atoms with Crippen LogP contribution in [0.2, 0.25) is 0 Å². The molecule has 0 spiro atoms. The normalized spacial score (nSPS) is 10.1. The van der Waals surface area contributed by atoms with E-state index in [0.29, 0.717) is 22.6 Å². The van der Waals surface area contributed by atoms with Gasteiger partial charge in [-0.25, -0.2) is 0 Å². The molecule has 0 atom stereocenters. The minimum absolute atomic E-state index is 0.0382. The number of nitrogens with one attached hydrogen (secondary N) is 3. The number of hydrogen-bond acceptors (Lipinski definition) is 3. The van der Waals surface area contributed by atoms with Crippen LogP contribution in [0.3, 0.4) is 0 Å². The maximum absolute atomic E-state index is 13.1. The van der Waals surface area contributed by atoms with Crippen LogP contribution in [0.25, 0.3) is 6.08 Å². The van der Waals surface area contributed by atoms with E-state index in [1.54, 1.807) is 36.4 Å². The van der Waals surface area contributed by atoms with Gasteiger partial charge in [0.2, 0.25) is 5.91 Å². The quantitative estimate of drug-likeness (QED) is 0.296. The highest BCUT2D eigenvalue weighted by Crippen LogP contribution is 2.19. The van der Waals surface area contributed by atoms with E-state index in [2.05, 4.69) is 16.0 Å². The average molecular weight is 428 g/mol. The largest absolute Gasteiger partial charge is 0.326 e. The maximum atomic E-state index is 13.1. The second-order valence-electron chi connectivity index (χ2n) is 7.40. The first-order chi connectivity index (χ1) is 15.3. The van der Waals surface area contributed by atoms with Crippen LogP contribution in [-0.2, 0) is 14.4 Å². The molecule has 0 aliphatic carbocycles. The van der Waals surface area contributed by atoms with Gasteiger partial charge in [0.1, 0.15) is 5.57 Å². The van der Waals surface area contributed by atoms with Crippen molar-refractivity contribution in [2.24, 2.45) is 0 Å². The van der Waals surface area contributed by atoms with Gasteiger partial charge in [0.15, 0.2) is 0 Å². The zero-order valence-corrected chi connectivity index (χ0v) is 18.2. The summed E-state index contributed by atoms with van der Waals surface area (Å²) in [6.45, 7) is 5.19. The highest BCUT2D eigenvalue weighted by Gasteiger charge is 2.20. The summed E-state index contributed by atoms with van der Waals surface area (Å²) in [5, 5.41) is 8.34. The van der Waals surface area contributed by atoms with Crippen LogP contribution in [0.5, 0.6) is 0 Å². The smallest absolute Gasteiger partial charge is 0.261 e. The lowest BCUT2D eigenvalue weighted by atomic mass is 10.1. The van der Waals surface area contributed by atoms with E-state index in [9.17, 15) is 14.4 Å². The van der Waals surface area contributed by atoms with Crippen LogP contribution in [0.15, 0.2) is 78.4 Å². The van der Waals surface area contributed by atoms with E-state index >= 15 is 0 Å².